The lowest BCUT2D eigenvalue weighted by Crippen LogP contribution is -2.59. The first-order valence-corrected chi connectivity index (χ1v) is 23.6. The molecule has 8 atom stereocenters. The number of hydrogen-bond donors (Lipinski definition) is 8. The number of fused-ring (bicyclic) bond motifs is 2. The summed E-state index contributed by atoms with van der Waals surface area (Å²) in [6, 6.07) is 11.4. The van der Waals surface area contributed by atoms with Gasteiger partial charge in [-0.15, -0.1) is 0 Å². The molecule has 0 spiro atoms. The predicted molar refractivity (Wildman–Crippen MR) is 252 cm³/mol. The van der Waals surface area contributed by atoms with Gasteiger partial charge in [0.15, 0.2) is 0 Å². The third kappa shape index (κ3) is 14.9. The van der Waals surface area contributed by atoms with Crippen LogP contribution in [0.25, 0.3) is 0 Å². The minimum Gasteiger partial charge on any atom is -0.348 e. The summed E-state index contributed by atoms with van der Waals surface area (Å²) in [5, 5.41) is 24.1. The predicted octanol–water partition coefficient (Wildman–Crippen LogP) is 4.96. The maximum absolute atomic E-state index is 14.1. The van der Waals surface area contributed by atoms with Crippen molar-refractivity contribution in [2.24, 2.45) is 10.8 Å². The number of benzene rings is 2. The number of amides is 6. The molecule has 4 rings (SSSR count). The van der Waals surface area contributed by atoms with Gasteiger partial charge in [0, 0.05) is 0 Å². The zero-order chi connectivity index (χ0) is 47.2. The van der Waals surface area contributed by atoms with E-state index in [0.717, 1.165) is 49.7 Å². The van der Waals surface area contributed by atoms with Gasteiger partial charge < -0.3 is 42.5 Å². The van der Waals surface area contributed by atoms with Crippen LogP contribution < -0.4 is 42.5 Å². The Morgan fingerprint density at radius 2 is 0.875 bits per heavy atom. The van der Waals surface area contributed by atoms with Crippen molar-refractivity contribution in [1.82, 2.24) is 42.5 Å². The van der Waals surface area contributed by atoms with Crippen molar-refractivity contribution in [1.29, 1.82) is 0 Å². The summed E-state index contributed by atoms with van der Waals surface area (Å²) >= 11 is 0. The molecule has 2 aliphatic carbocycles. The fourth-order valence-corrected chi connectivity index (χ4v) is 8.60. The van der Waals surface area contributed by atoms with E-state index in [-0.39, 0.29) is 35.7 Å². The van der Waals surface area contributed by atoms with Gasteiger partial charge in [0.1, 0.15) is 24.2 Å². The number of aryl methyl sites for hydroxylation is 2. The smallest absolute Gasteiger partial charge is 0.243 e. The van der Waals surface area contributed by atoms with Gasteiger partial charge in [0.2, 0.25) is 35.4 Å². The van der Waals surface area contributed by atoms with E-state index in [2.05, 4.69) is 66.8 Å². The maximum Gasteiger partial charge on any atom is 0.243 e. The first-order valence-electron chi connectivity index (χ1n) is 23.6. The second kappa shape index (κ2) is 23.9. The van der Waals surface area contributed by atoms with Gasteiger partial charge in [-0.25, -0.2) is 0 Å². The Labute approximate surface area is 382 Å². The van der Waals surface area contributed by atoms with Crippen molar-refractivity contribution in [3.05, 3.63) is 70.8 Å². The molecule has 2 aromatic carbocycles. The third-order valence-corrected chi connectivity index (χ3v) is 12.9. The summed E-state index contributed by atoms with van der Waals surface area (Å²) in [7, 11) is 3.36. The maximum atomic E-state index is 14.1. The Hall–Kier alpha value is -4.82. The molecule has 14 heteroatoms. The van der Waals surface area contributed by atoms with Crippen LogP contribution in [0.2, 0.25) is 0 Å². The number of nitrogens with one attached hydrogen (secondary N) is 8. The highest BCUT2D eigenvalue weighted by molar-refractivity contribution is 5.94. The molecule has 8 N–H and O–H groups in total. The number of carbonyl (C=O) groups is 6. The molecule has 0 radical (unpaired) electrons. The van der Waals surface area contributed by atoms with E-state index in [1.54, 1.807) is 27.9 Å². The highest BCUT2D eigenvalue weighted by atomic mass is 16.2. The zero-order valence-electron chi connectivity index (χ0n) is 40.2. The largest absolute Gasteiger partial charge is 0.348 e. The SMILES string of the molecule is CN[C@@H](C)C(=O)N[C@H](C(=O)N[C@@H](CCCCCC[C@H](NC(=O)[C@@H](NC(=O)[C@H](C)NC)C(C)(C)C)C(=O)N[C@@H]1CCCc2ccccc21)C(=O)N[C@@H]1CCCc2ccccc21)C(C)(C)C. The molecule has 0 unspecified atom stereocenters. The van der Waals surface area contributed by atoms with Gasteiger partial charge in [0.25, 0.3) is 0 Å². The van der Waals surface area contributed by atoms with Crippen LogP contribution >= 0.6 is 0 Å². The molecule has 0 bridgehead atoms. The number of rotatable bonds is 21. The van der Waals surface area contributed by atoms with Crippen LogP contribution in [-0.2, 0) is 41.6 Å². The Morgan fingerprint density at radius 3 is 1.22 bits per heavy atom. The number of hydrogen-bond acceptors (Lipinski definition) is 8. The minimum atomic E-state index is -0.889. The summed E-state index contributed by atoms with van der Waals surface area (Å²) in [4.78, 5) is 82.2. The molecular weight excluding hydrogens is 809 g/mol. The Kier molecular flexibility index (Phi) is 19.4. The van der Waals surface area contributed by atoms with Gasteiger partial charge >= 0.3 is 0 Å². The summed E-state index contributed by atoms with van der Waals surface area (Å²) in [6.07, 6.45) is 8.70. The fourth-order valence-electron chi connectivity index (χ4n) is 8.60. The fraction of sp³-hybridized carbons (Fsp3) is 0.640. The van der Waals surface area contributed by atoms with E-state index in [0.29, 0.717) is 38.5 Å². The Balaban J connectivity index is 1.47. The minimum absolute atomic E-state index is 0.176. The van der Waals surface area contributed by atoms with Crippen molar-refractivity contribution in [2.75, 3.05) is 14.1 Å². The third-order valence-electron chi connectivity index (χ3n) is 12.9. The number of carbonyl (C=O) groups excluding carboxylic acids is 6. The summed E-state index contributed by atoms with van der Waals surface area (Å²) in [5.41, 5.74) is 3.33. The summed E-state index contributed by atoms with van der Waals surface area (Å²) in [5.74, 6) is -2.03. The van der Waals surface area contributed by atoms with Crippen molar-refractivity contribution >= 4 is 35.4 Å². The summed E-state index contributed by atoms with van der Waals surface area (Å²) < 4.78 is 0. The molecule has 0 aliphatic heterocycles. The normalized spacial score (nSPS) is 18.9. The molecule has 0 saturated carbocycles. The van der Waals surface area contributed by atoms with Crippen molar-refractivity contribution < 1.29 is 28.8 Å². The summed E-state index contributed by atoms with van der Waals surface area (Å²) in [6.45, 7) is 14.7. The molecule has 2 aliphatic rings. The molecular formula is C50H78N8O6. The first kappa shape index (κ1) is 51.8. The standard InChI is InChI=1S/C50H78N8O6/c1-31(51-9)43(59)57-41(49(3,4)5)47(63)55-39(45(61)53-37-29-19-23-33-21-15-17-25-35(33)37)27-13-11-12-14-28-40(46(62)54-38-30-20-24-34-22-16-18-26-36(34)38)56-48(64)42(50(6,7)8)58-44(60)32(2)52-10/h15-18,21-22,25-26,31-32,37-42,51-52H,11-14,19-20,23-24,27-30H2,1-10H3,(H,53,61)(H,54,62)(H,55,63)(H,56,64)(H,57,59)(H,58,60)/t31-,32-,37+,38+,39-,40-,41+,42+/m0/s1. The van der Waals surface area contributed by atoms with Crippen LogP contribution in [0, 0.1) is 10.8 Å². The molecule has 0 fully saturated rings. The second-order valence-corrected chi connectivity index (χ2v) is 20.1. The molecule has 0 heterocycles. The van der Waals surface area contributed by atoms with Crippen LogP contribution in [0.5, 0.6) is 0 Å². The van der Waals surface area contributed by atoms with E-state index >= 15 is 0 Å². The molecule has 14 nitrogen and oxygen atoms in total. The van der Waals surface area contributed by atoms with Gasteiger partial charge in [0.05, 0.1) is 24.2 Å². The average molecular weight is 887 g/mol. The van der Waals surface area contributed by atoms with E-state index in [4.69, 9.17) is 0 Å². The van der Waals surface area contributed by atoms with Crippen molar-refractivity contribution in [3.63, 3.8) is 0 Å². The number of unbranched alkanes of at least 4 members (excludes halogenated alkanes) is 3. The van der Waals surface area contributed by atoms with Gasteiger partial charge in [-0.1, -0.05) is 116 Å². The lowest BCUT2D eigenvalue weighted by Gasteiger charge is -2.33. The van der Waals surface area contributed by atoms with Crippen LogP contribution in [-0.4, -0.2) is 85.8 Å². The monoisotopic (exact) mass is 887 g/mol. The van der Waals surface area contributed by atoms with Crippen molar-refractivity contribution in [2.45, 2.75) is 181 Å². The lowest BCUT2D eigenvalue weighted by molar-refractivity contribution is -0.135. The van der Waals surface area contributed by atoms with Gasteiger partial charge in [-0.3, -0.25) is 28.8 Å². The quantitative estimate of drug-likeness (QED) is 0.0805. The first-order chi connectivity index (χ1) is 30.2. The Bertz CT molecular complexity index is 1770. The molecule has 354 valence electrons. The highest BCUT2D eigenvalue weighted by Gasteiger charge is 2.38. The van der Waals surface area contributed by atoms with Crippen molar-refractivity contribution in [3.8, 4) is 0 Å². The van der Waals surface area contributed by atoms with E-state index in [1.807, 2.05) is 65.8 Å². The van der Waals surface area contributed by atoms with Crippen LogP contribution in [0.1, 0.15) is 154 Å². The molecule has 0 saturated heterocycles. The van der Waals surface area contributed by atoms with Crippen LogP contribution in [0.15, 0.2) is 48.5 Å². The van der Waals surface area contributed by atoms with Gasteiger partial charge in [-0.2, -0.15) is 0 Å². The molecule has 2 aromatic rings. The lowest BCUT2D eigenvalue weighted by atomic mass is 9.85. The number of likely N-dealkylation sites (N-methyl/N-ethyl adjacent to an activating group) is 2. The zero-order valence-corrected chi connectivity index (χ0v) is 40.2. The molecule has 64 heavy (non-hydrogen) atoms. The van der Waals surface area contributed by atoms with E-state index < -0.39 is 58.9 Å². The van der Waals surface area contributed by atoms with Gasteiger partial charge in [-0.05, 0) is 112 Å². The highest BCUT2D eigenvalue weighted by Crippen LogP contribution is 2.31. The average Bonchev–Trinajstić information content (AvgIpc) is 3.26. The molecule has 0 aromatic heterocycles. The Morgan fingerprint density at radius 1 is 0.516 bits per heavy atom. The topological polar surface area (TPSA) is 199 Å². The van der Waals surface area contributed by atoms with Crippen LogP contribution in [0.3, 0.4) is 0 Å². The van der Waals surface area contributed by atoms with E-state index in [9.17, 15) is 28.8 Å². The molecule has 6 amide bonds. The van der Waals surface area contributed by atoms with E-state index in [1.165, 1.54) is 11.1 Å². The second-order valence-electron chi connectivity index (χ2n) is 20.1. The van der Waals surface area contributed by atoms with Crippen LogP contribution in [0.4, 0.5) is 0 Å².